The largest absolute Gasteiger partial charge is 0.328 e. The van der Waals surface area contributed by atoms with E-state index in [9.17, 15) is 4.79 Å². The van der Waals surface area contributed by atoms with Gasteiger partial charge in [0, 0.05) is 19.4 Å². The van der Waals surface area contributed by atoms with Gasteiger partial charge in [-0.05, 0) is 6.26 Å². The van der Waals surface area contributed by atoms with Crippen LogP contribution in [0.3, 0.4) is 0 Å². The first-order valence-corrected chi connectivity index (χ1v) is 4.36. The molecule has 1 aromatic rings. The van der Waals surface area contributed by atoms with Crippen LogP contribution in [0.5, 0.6) is 0 Å². The van der Waals surface area contributed by atoms with Gasteiger partial charge in [0.1, 0.15) is 0 Å². The normalized spacial score (nSPS) is 10.2. The summed E-state index contributed by atoms with van der Waals surface area (Å²) in [5.41, 5.74) is 0.0503. The van der Waals surface area contributed by atoms with Crippen molar-refractivity contribution >= 4 is 11.8 Å². The van der Waals surface area contributed by atoms with Crippen molar-refractivity contribution in [2.24, 2.45) is 7.05 Å². The number of nitrogens with zero attached hydrogens (tertiary/aromatic N) is 2. The summed E-state index contributed by atoms with van der Waals surface area (Å²) in [5, 5.41) is 0. The zero-order valence-corrected chi connectivity index (χ0v) is 6.89. The van der Waals surface area contributed by atoms with Gasteiger partial charge >= 0.3 is 5.69 Å². The lowest BCUT2D eigenvalue weighted by molar-refractivity contribution is 0.766. The maximum atomic E-state index is 11.1. The molecule has 0 bridgehead atoms. The van der Waals surface area contributed by atoms with Crippen LogP contribution in [0.4, 0.5) is 0 Å². The predicted octanol–water partition coefficient (Wildman–Crippen LogP) is 0.507. The summed E-state index contributed by atoms with van der Waals surface area (Å²) in [6.07, 6.45) is 5.52. The first kappa shape index (κ1) is 7.47. The Morgan fingerprint density at radius 3 is 2.70 bits per heavy atom. The SMILES string of the molecule is CSCn1ccn(C)c1=O. The molecule has 0 atom stereocenters. The summed E-state index contributed by atoms with van der Waals surface area (Å²) in [5.74, 6) is 0.736. The number of rotatable bonds is 2. The molecule has 0 spiro atoms. The number of imidazole rings is 1. The van der Waals surface area contributed by atoms with Crippen molar-refractivity contribution < 1.29 is 0 Å². The number of hydrogen-bond donors (Lipinski definition) is 0. The second-order valence-electron chi connectivity index (χ2n) is 2.08. The summed E-state index contributed by atoms with van der Waals surface area (Å²) in [7, 11) is 1.75. The van der Waals surface area contributed by atoms with Gasteiger partial charge in [0.2, 0.25) is 0 Å². The third-order valence-corrected chi connectivity index (χ3v) is 1.82. The lowest BCUT2D eigenvalue weighted by Crippen LogP contribution is -2.20. The molecule has 0 unspecified atom stereocenters. The Kier molecular flexibility index (Phi) is 2.21. The maximum absolute atomic E-state index is 11.1. The van der Waals surface area contributed by atoms with Gasteiger partial charge < -0.3 is 4.57 Å². The molecule has 0 fully saturated rings. The monoisotopic (exact) mass is 158 g/mol. The van der Waals surface area contributed by atoms with E-state index in [1.54, 1.807) is 40.3 Å². The van der Waals surface area contributed by atoms with Gasteiger partial charge in [-0.2, -0.15) is 0 Å². The Balaban J connectivity index is 2.95. The highest BCUT2D eigenvalue weighted by atomic mass is 32.2. The first-order chi connectivity index (χ1) is 4.75. The molecule has 4 heteroatoms. The van der Waals surface area contributed by atoms with E-state index in [0.29, 0.717) is 0 Å². The molecule has 0 N–H and O–H groups in total. The number of aryl methyl sites for hydroxylation is 1. The van der Waals surface area contributed by atoms with Crippen molar-refractivity contribution in [1.29, 1.82) is 0 Å². The summed E-state index contributed by atoms with van der Waals surface area (Å²) >= 11 is 1.63. The minimum atomic E-state index is 0.0503. The number of hydrogen-bond acceptors (Lipinski definition) is 2. The molecule has 1 aromatic heterocycles. The molecule has 0 saturated heterocycles. The quantitative estimate of drug-likeness (QED) is 0.627. The van der Waals surface area contributed by atoms with Gasteiger partial charge in [-0.1, -0.05) is 0 Å². The molecular formula is C6H10N2OS. The molecule has 1 rings (SSSR count). The Morgan fingerprint density at radius 1 is 1.60 bits per heavy atom. The van der Waals surface area contributed by atoms with Crippen LogP contribution in [0.2, 0.25) is 0 Å². The van der Waals surface area contributed by atoms with Gasteiger partial charge in [0.05, 0.1) is 5.88 Å². The van der Waals surface area contributed by atoms with E-state index < -0.39 is 0 Å². The third-order valence-electron chi connectivity index (χ3n) is 1.29. The zero-order valence-electron chi connectivity index (χ0n) is 6.07. The second kappa shape index (κ2) is 2.96. The zero-order chi connectivity index (χ0) is 7.56. The smallest absolute Gasteiger partial charge is 0.302 e. The fourth-order valence-electron chi connectivity index (χ4n) is 0.748. The topological polar surface area (TPSA) is 26.9 Å². The van der Waals surface area contributed by atoms with E-state index in [4.69, 9.17) is 0 Å². The Labute approximate surface area is 63.7 Å². The lowest BCUT2D eigenvalue weighted by atomic mass is 10.9. The first-order valence-electron chi connectivity index (χ1n) is 2.96. The van der Waals surface area contributed by atoms with Gasteiger partial charge in [0.15, 0.2) is 0 Å². The molecular weight excluding hydrogens is 148 g/mol. The fourth-order valence-corrected chi connectivity index (χ4v) is 1.22. The lowest BCUT2D eigenvalue weighted by Gasteiger charge is -1.93. The van der Waals surface area contributed by atoms with Gasteiger partial charge in [-0.3, -0.25) is 4.57 Å². The van der Waals surface area contributed by atoms with Crippen LogP contribution < -0.4 is 5.69 Å². The molecule has 0 saturated carbocycles. The highest BCUT2D eigenvalue weighted by molar-refractivity contribution is 7.97. The number of thioether (sulfide) groups is 1. The summed E-state index contributed by atoms with van der Waals surface area (Å²) in [4.78, 5) is 11.1. The fraction of sp³-hybridized carbons (Fsp3) is 0.500. The van der Waals surface area contributed by atoms with Crippen LogP contribution in [-0.2, 0) is 12.9 Å². The third kappa shape index (κ3) is 1.26. The van der Waals surface area contributed by atoms with E-state index in [1.165, 1.54) is 0 Å². The molecule has 10 heavy (non-hydrogen) atoms. The van der Waals surface area contributed by atoms with Crippen LogP contribution in [0.1, 0.15) is 0 Å². The second-order valence-corrected chi connectivity index (χ2v) is 2.91. The molecule has 0 radical (unpaired) electrons. The summed E-state index contributed by atoms with van der Waals surface area (Å²) in [6.45, 7) is 0. The van der Waals surface area contributed by atoms with E-state index >= 15 is 0 Å². The van der Waals surface area contributed by atoms with E-state index in [-0.39, 0.29) is 5.69 Å². The highest BCUT2D eigenvalue weighted by Crippen LogP contribution is 1.94. The summed E-state index contributed by atoms with van der Waals surface area (Å²) < 4.78 is 3.24. The van der Waals surface area contributed by atoms with Crippen molar-refractivity contribution in [2.45, 2.75) is 5.88 Å². The van der Waals surface area contributed by atoms with Crippen LogP contribution >= 0.6 is 11.8 Å². The van der Waals surface area contributed by atoms with Gasteiger partial charge in [0.25, 0.3) is 0 Å². The average molecular weight is 158 g/mol. The molecule has 0 aliphatic rings. The molecule has 0 aliphatic carbocycles. The van der Waals surface area contributed by atoms with Crippen molar-refractivity contribution in [2.75, 3.05) is 6.26 Å². The minimum Gasteiger partial charge on any atom is -0.302 e. The van der Waals surface area contributed by atoms with E-state index in [1.807, 2.05) is 6.26 Å². The Bertz CT molecular complexity index is 263. The minimum absolute atomic E-state index is 0.0503. The van der Waals surface area contributed by atoms with Gasteiger partial charge in [-0.25, -0.2) is 4.79 Å². The summed E-state index contributed by atoms with van der Waals surface area (Å²) in [6, 6.07) is 0. The molecule has 3 nitrogen and oxygen atoms in total. The maximum Gasteiger partial charge on any atom is 0.328 e. The van der Waals surface area contributed by atoms with Crippen LogP contribution in [0, 0.1) is 0 Å². The highest BCUT2D eigenvalue weighted by Gasteiger charge is 1.95. The van der Waals surface area contributed by atoms with Gasteiger partial charge in [-0.15, -0.1) is 11.8 Å². The van der Waals surface area contributed by atoms with Crippen molar-refractivity contribution in [3.05, 3.63) is 22.9 Å². The van der Waals surface area contributed by atoms with Crippen LogP contribution in [0.15, 0.2) is 17.2 Å². The van der Waals surface area contributed by atoms with E-state index in [0.717, 1.165) is 5.88 Å². The van der Waals surface area contributed by atoms with Crippen molar-refractivity contribution in [3.63, 3.8) is 0 Å². The van der Waals surface area contributed by atoms with Crippen molar-refractivity contribution in [1.82, 2.24) is 9.13 Å². The molecule has 0 aromatic carbocycles. The Hall–Kier alpha value is -0.640. The van der Waals surface area contributed by atoms with Crippen LogP contribution in [-0.4, -0.2) is 15.4 Å². The molecule has 0 amide bonds. The average Bonchev–Trinajstić information content (AvgIpc) is 2.20. The van der Waals surface area contributed by atoms with Crippen molar-refractivity contribution in [3.8, 4) is 0 Å². The molecule has 56 valence electrons. The Morgan fingerprint density at radius 2 is 2.30 bits per heavy atom. The standard InChI is InChI=1S/C6H10N2OS/c1-7-3-4-8(5-10-2)6(7)9/h3-4H,5H2,1-2H3. The molecule has 1 heterocycles. The van der Waals surface area contributed by atoms with Crippen LogP contribution in [0.25, 0.3) is 0 Å². The molecule has 0 aliphatic heterocycles. The predicted molar refractivity (Wildman–Crippen MR) is 43.2 cm³/mol. The van der Waals surface area contributed by atoms with E-state index in [2.05, 4.69) is 0 Å². The number of aromatic nitrogens is 2.